The van der Waals surface area contributed by atoms with Gasteiger partial charge in [0.25, 0.3) is 0 Å². The van der Waals surface area contributed by atoms with Crippen LogP contribution in [0.1, 0.15) is 31.2 Å². The van der Waals surface area contributed by atoms with E-state index in [1.165, 1.54) is 15.6 Å². The lowest BCUT2D eigenvalue weighted by atomic mass is 10.3. The molecule has 0 radical (unpaired) electrons. The summed E-state index contributed by atoms with van der Waals surface area (Å²) in [5.41, 5.74) is 0.816. The molecule has 21 heavy (non-hydrogen) atoms. The van der Waals surface area contributed by atoms with E-state index in [9.17, 15) is 8.42 Å². The minimum absolute atomic E-state index is 0.318. The monoisotopic (exact) mass is 334 g/mol. The molecule has 1 N–H and O–H groups in total. The number of aryl methyl sites for hydroxylation is 1. The van der Waals surface area contributed by atoms with E-state index < -0.39 is 10.0 Å². The average Bonchev–Trinajstić information content (AvgIpc) is 2.78. The molecule has 1 heterocycles. The molecule has 0 fully saturated rings. The third-order valence-corrected chi connectivity index (χ3v) is 6.59. The van der Waals surface area contributed by atoms with Gasteiger partial charge in [-0.1, -0.05) is 20.8 Å². The Morgan fingerprint density at radius 1 is 1.43 bits per heavy atom. The van der Waals surface area contributed by atoms with Crippen molar-refractivity contribution < 1.29 is 13.2 Å². The third-order valence-electron chi connectivity index (χ3n) is 3.16. The lowest BCUT2D eigenvalue weighted by Crippen LogP contribution is -2.34. The Morgan fingerprint density at radius 3 is 2.62 bits per heavy atom. The van der Waals surface area contributed by atoms with Crippen molar-refractivity contribution in [2.75, 3.05) is 26.8 Å². The van der Waals surface area contributed by atoms with E-state index in [-0.39, 0.29) is 0 Å². The Hall–Kier alpha value is -0.470. The van der Waals surface area contributed by atoms with Gasteiger partial charge in [0.05, 0.1) is 6.61 Å². The largest absolute Gasteiger partial charge is 0.383 e. The maximum absolute atomic E-state index is 12.9. The molecule has 1 rings (SSSR count). The summed E-state index contributed by atoms with van der Waals surface area (Å²) in [4.78, 5) is 1.33. The summed E-state index contributed by atoms with van der Waals surface area (Å²) >= 11 is 1.50. The SMILES string of the molecule is CCN(CCOC)S(=O)(=O)c1c(C)csc1CNC(C)C. The van der Waals surface area contributed by atoms with E-state index in [4.69, 9.17) is 4.74 Å². The number of sulfonamides is 1. The van der Waals surface area contributed by atoms with Crippen molar-refractivity contribution in [3.63, 3.8) is 0 Å². The van der Waals surface area contributed by atoms with Crippen molar-refractivity contribution in [2.24, 2.45) is 0 Å². The predicted octanol–water partition coefficient (Wildman–Crippen LogP) is 2.21. The first-order chi connectivity index (χ1) is 9.84. The number of rotatable bonds is 9. The van der Waals surface area contributed by atoms with E-state index >= 15 is 0 Å². The van der Waals surface area contributed by atoms with Crippen LogP contribution in [0, 0.1) is 6.92 Å². The van der Waals surface area contributed by atoms with Crippen LogP contribution in [0.15, 0.2) is 10.3 Å². The molecule has 0 aromatic carbocycles. The summed E-state index contributed by atoms with van der Waals surface area (Å²) < 4.78 is 32.2. The number of methoxy groups -OCH3 is 1. The molecular formula is C14H26N2O3S2. The van der Waals surface area contributed by atoms with Crippen molar-refractivity contribution in [1.82, 2.24) is 9.62 Å². The maximum Gasteiger partial charge on any atom is 0.244 e. The molecule has 0 bridgehead atoms. The summed E-state index contributed by atoms with van der Waals surface area (Å²) in [5.74, 6) is 0. The molecule has 0 aliphatic rings. The Labute approximate surface area is 132 Å². The zero-order valence-electron chi connectivity index (χ0n) is 13.5. The van der Waals surface area contributed by atoms with E-state index in [2.05, 4.69) is 5.32 Å². The Kier molecular flexibility index (Phi) is 7.29. The number of nitrogens with one attached hydrogen (secondary N) is 1. The lowest BCUT2D eigenvalue weighted by molar-refractivity contribution is 0.180. The van der Waals surface area contributed by atoms with Gasteiger partial charge in [-0.25, -0.2) is 8.42 Å². The smallest absolute Gasteiger partial charge is 0.244 e. The first kappa shape index (κ1) is 18.6. The third kappa shape index (κ3) is 4.75. The van der Waals surface area contributed by atoms with Crippen LogP contribution in [0.5, 0.6) is 0 Å². The van der Waals surface area contributed by atoms with Gasteiger partial charge in [0.1, 0.15) is 4.90 Å². The zero-order chi connectivity index (χ0) is 16.0. The standard InChI is InChI=1S/C14H26N2O3S2/c1-6-16(7-8-19-5)21(17,18)14-12(4)10-20-13(14)9-15-11(2)3/h10-11,15H,6-9H2,1-5H3. The highest BCUT2D eigenvalue weighted by molar-refractivity contribution is 7.89. The predicted molar refractivity (Wildman–Crippen MR) is 87.3 cm³/mol. The molecule has 122 valence electrons. The van der Waals surface area contributed by atoms with Gasteiger partial charge in [0.15, 0.2) is 0 Å². The normalized spacial score (nSPS) is 12.5. The number of nitrogens with zero attached hydrogens (tertiary/aromatic N) is 1. The van der Waals surface area contributed by atoms with Crippen molar-refractivity contribution in [2.45, 2.75) is 45.2 Å². The molecule has 0 amide bonds. The van der Waals surface area contributed by atoms with Crippen LogP contribution < -0.4 is 5.32 Å². The number of ether oxygens (including phenoxy) is 1. The summed E-state index contributed by atoms with van der Waals surface area (Å²) in [6.07, 6.45) is 0. The van der Waals surface area contributed by atoms with Crippen LogP contribution in [0.4, 0.5) is 0 Å². The van der Waals surface area contributed by atoms with Gasteiger partial charge in [-0.2, -0.15) is 4.31 Å². The van der Waals surface area contributed by atoms with Gasteiger partial charge in [-0.3, -0.25) is 0 Å². The van der Waals surface area contributed by atoms with Crippen molar-refractivity contribution in [1.29, 1.82) is 0 Å². The molecule has 0 saturated carbocycles. The lowest BCUT2D eigenvalue weighted by Gasteiger charge is -2.21. The van der Waals surface area contributed by atoms with E-state index in [0.717, 1.165) is 10.4 Å². The van der Waals surface area contributed by atoms with Crippen LogP contribution in [-0.4, -0.2) is 45.6 Å². The molecule has 0 aliphatic carbocycles. The summed E-state index contributed by atoms with van der Waals surface area (Å²) in [6.45, 7) is 9.59. The van der Waals surface area contributed by atoms with E-state index in [1.54, 1.807) is 7.11 Å². The minimum Gasteiger partial charge on any atom is -0.383 e. The molecule has 0 spiro atoms. The molecular weight excluding hydrogens is 308 g/mol. The Balaban J connectivity index is 3.08. The second kappa shape index (κ2) is 8.24. The molecule has 7 heteroatoms. The fourth-order valence-electron chi connectivity index (χ4n) is 2.02. The maximum atomic E-state index is 12.9. The van der Waals surface area contributed by atoms with E-state index in [0.29, 0.717) is 37.2 Å². The highest BCUT2D eigenvalue weighted by Gasteiger charge is 2.28. The molecule has 0 unspecified atom stereocenters. The second-order valence-electron chi connectivity index (χ2n) is 5.20. The summed E-state index contributed by atoms with van der Waals surface area (Å²) in [6, 6.07) is 0.318. The Bertz CT molecular complexity index is 538. The molecule has 0 aliphatic heterocycles. The summed E-state index contributed by atoms with van der Waals surface area (Å²) in [7, 11) is -1.89. The number of likely N-dealkylation sites (N-methyl/N-ethyl adjacent to an activating group) is 1. The molecule has 0 saturated heterocycles. The van der Waals surface area contributed by atoms with Crippen molar-refractivity contribution in [3.05, 3.63) is 15.8 Å². The molecule has 1 aromatic heterocycles. The Morgan fingerprint density at radius 2 is 2.10 bits per heavy atom. The van der Waals surface area contributed by atoms with Crippen molar-refractivity contribution >= 4 is 21.4 Å². The quantitative estimate of drug-likeness (QED) is 0.752. The number of hydrogen-bond acceptors (Lipinski definition) is 5. The average molecular weight is 335 g/mol. The zero-order valence-corrected chi connectivity index (χ0v) is 15.1. The second-order valence-corrected chi connectivity index (χ2v) is 8.04. The van der Waals surface area contributed by atoms with Crippen LogP contribution in [0.3, 0.4) is 0 Å². The van der Waals surface area contributed by atoms with Gasteiger partial charge in [-0.05, 0) is 17.9 Å². The van der Waals surface area contributed by atoms with Gasteiger partial charge >= 0.3 is 0 Å². The van der Waals surface area contributed by atoms with Crippen LogP contribution in [0.25, 0.3) is 0 Å². The van der Waals surface area contributed by atoms with Crippen LogP contribution >= 0.6 is 11.3 Å². The van der Waals surface area contributed by atoms with Crippen LogP contribution in [-0.2, 0) is 21.3 Å². The van der Waals surface area contributed by atoms with Gasteiger partial charge < -0.3 is 10.1 Å². The minimum atomic E-state index is -3.47. The summed E-state index contributed by atoms with van der Waals surface area (Å²) in [5, 5.41) is 5.20. The highest BCUT2D eigenvalue weighted by atomic mass is 32.2. The molecule has 5 nitrogen and oxygen atoms in total. The van der Waals surface area contributed by atoms with Gasteiger partial charge in [0.2, 0.25) is 10.0 Å². The number of hydrogen-bond donors (Lipinski definition) is 1. The van der Waals surface area contributed by atoms with Crippen molar-refractivity contribution in [3.8, 4) is 0 Å². The van der Waals surface area contributed by atoms with Gasteiger partial charge in [-0.15, -0.1) is 11.3 Å². The number of thiophene rings is 1. The highest BCUT2D eigenvalue weighted by Crippen LogP contribution is 2.29. The first-order valence-corrected chi connectivity index (χ1v) is 9.46. The van der Waals surface area contributed by atoms with Crippen LogP contribution in [0.2, 0.25) is 0 Å². The molecule has 0 atom stereocenters. The fourth-order valence-corrected chi connectivity index (χ4v) is 5.17. The molecule has 1 aromatic rings. The van der Waals surface area contributed by atoms with Gasteiger partial charge in [0, 0.05) is 37.7 Å². The topological polar surface area (TPSA) is 58.6 Å². The first-order valence-electron chi connectivity index (χ1n) is 7.14. The fraction of sp³-hybridized carbons (Fsp3) is 0.714. The van der Waals surface area contributed by atoms with E-state index in [1.807, 2.05) is 33.1 Å².